The number of allylic oxidation sites excluding steroid dienone is 1. The number of ether oxygens (including phenoxy) is 8. The highest BCUT2D eigenvalue weighted by atomic mass is 16.8. The standard InChI is InChI=1S/C43H70O17/c1-19(44)24-10-13-43(52)26-7-6-22-14-23(8-11-41(22,4)25(26)9-12-42(24,43)5)57-31-15-27(45)37(20(2)55-31)60-40-36(51)34(49)30(18-54-40)58-32-16-28(46)38(21(3)56-32)59-39-35(50)33(48)29(47)17-53-39/h6,19-21,23-40,44-52H,7-18H2,1-5H3/t19-,20+,21+,23-,24+,25-,26+,27-,28-,29+,30+,31-,32-,33-,34-,35+,36+,37+,38+,39-,40-,41-,42+,43-/m0/s1. The average molecular weight is 859 g/mol. The zero-order valence-electron chi connectivity index (χ0n) is 35.5. The van der Waals surface area contributed by atoms with Crippen LogP contribution in [0.25, 0.3) is 0 Å². The number of hydrogen-bond donors (Lipinski definition) is 9. The van der Waals surface area contributed by atoms with Gasteiger partial charge < -0.3 is 83.9 Å². The molecule has 0 amide bonds. The van der Waals surface area contributed by atoms with E-state index in [1.165, 1.54) is 5.57 Å². The minimum Gasteiger partial charge on any atom is -0.393 e. The van der Waals surface area contributed by atoms with Gasteiger partial charge in [-0.1, -0.05) is 25.5 Å². The van der Waals surface area contributed by atoms with E-state index in [1.54, 1.807) is 13.8 Å². The molecule has 0 spiro atoms. The Morgan fingerprint density at radius 3 is 1.90 bits per heavy atom. The van der Waals surface area contributed by atoms with E-state index in [9.17, 15) is 46.0 Å². The predicted molar refractivity (Wildman–Crippen MR) is 207 cm³/mol. The molecule has 0 bridgehead atoms. The van der Waals surface area contributed by atoms with E-state index >= 15 is 0 Å². The molecule has 4 heterocycles. The molecule has 8 aliphatic rings. The van der Waals surface area contributed by atoms with E-state index in [-0.39, 0.29) is 54.8 Å². The molecule has 17 heteroatoms. The summed E-state index contributed by atoms with van der Waals surface area (Å²) in [5.74, 6) is 0.644. The van der Waals surface area contributed by atoms with Gasteiger partial charge in [0.05, 0.1) is 55.4 Å². The fourth-order valence-corrected chi connectivity index (χ4v) is 12.8. The van der Waals surface area contributed by atoms with Gasteiger partial charge in [-0.25, -0.2) is 0 Å². The first kappa shape index (κ1) is 45.6. The lowest BCUT2D eigenvalue weighted by Gasteiger charge is -2.61. The van der Waals surface area contributed by atoms with Gasteiger partial charge in [-0.2, -0.15) is 0 Å². The first-order chi connectivity index (χ1) is 28.3. The van der Waals surface area contributed by atoms with Gasteiger partial charge in [0.2, 0.25) is 0 Å². The lowest BCUT2D eigenvalue weighted by Crippen LogP contribution is -2.61. The zero-order valence-corrected chi connectivity index (χ0v) is 35.5. The van der Waals surface area contributed by atoms with Crippen LogP contribution in [0, 0.1) is 28.6 Å². The van der Waals surface area contributed by atoms with Crippen molar-refractivity contribution in [2.75, 3.05) is 13.2 Å². The average Bonchev–Trinajstić information content (AvgIpc) is 3.48. The van der Waals surface area contributed by atoms with Gasteiger partial charge >= 0.3 is 0 Å². The van der Waals surface area contributed by atoms with Crippen LogP contribution in [0.3, 0.4) is 0 Å². The highest BCUT2D eigenvalue weighted by Gasteiger charge is 2.67. The SMILES string of the molecule is C[C@H](O)[C@H]1CC[C@]2(O)[C@@H]3CC=C4C[C@@H](O[C@H]5C[C@H](O)[C@H](O[C@@H]6OC[C@@H](O[C@H]7C[C@H](O)[C@H](O[C@@H]8OC[C@@H](O)[C@H](O)[C@H]8O)[C@@H](C)O7)[C@H](O)[C@H]6O)[C@@H](C)O5)CC[C@]4(C)[C@H]3CC[C@]12C. The van der Waals surface area contributed by atoms with Crippen molar-refractivity contribution in [1.82, 2.24) is 0 Å². The molecular formula is C43H70O17. The molecule has 24 atom stereocenters. The first-order valence-corrected chi connectivity index (χ1v) is 22.4. The Morgan fingerprint density at radius 2 is 1.28 bits per heavy atom. The summed E-state index contributed by atoms with van der Waals surface area (Å²) in [5, 5.41) is 97.1. The summed E-state index contributed by atoms with van der Waals surface area (Å²) in [6, 6.07) is 0. The van der Waals surface area contributed by atoms with Crippen LogP contribution in [0.2, 0.25) is 0 Å². The van der Waals surface area contributed by atoms with E-state index in [0.29, 0.717) is 5.92 Å². The molecular weight excluding hydrogens is 788 g/mol. The lowest BCUT2D eigenvalue weighted by atomic mass is 9.45. The topological polar surface area (TPSA) is 256 Å². The fraction of sp³-hybridized carbons (Fsp3) is 0.953. The number of rotatable bonds is 9. The summed E-state index contributed by atoms with van der Waals surface area (Å²) in [6.07, 6.45) is -9.39. The van der Waals surface area contributed by atoms with Gasteiger partial charge in [-0.3, -0.25) is 0 Å². The molecule has 0 unspecified atom stereocenters. The molecule has 60 heavy (non-hydrogen) atoms. The van der Waals surface area contributed by atoms with Crippen molar-refractivity contribution in [3.05, 3.63) is 11.6 Å². The van der Waals surface area contributed by atoms with E-state index in [2.05, 4.69) is 19.9 Å². The molecule has 17 nitrogen and oxygen atoms in total. The molecule has 8 rings (SSSR count). The minimum absolute atomic E-state index is 0.0353. The van der Waals surface area contributed by atoms with Crippen molar-refractivity contribution in [2.45, 2.75) is 215 Å². The third kappa shape index (κ3) is 8.07. The Balaban J connectivity index is 0.801. The van der Waals surface area contributed by atoms with Crippen molar-refractivity contribution in [3.8, 4) is 0 Å². The minimum atomic E-state index is -1.56. The maximum atomic E-state index is 12.3. The molecule has 4 aliphatic carbocycles. The van der Waals surface area contributed by atoms with Gasteiger partial charge in [-0.15, -0.1) is 0 Å². The van der Waals surface area contributed by atoms with Crippen LogP contribution >= 0.6 is 0 Å². The van der Waals surface area contributed by atoms with Gasteiger partial charge in [0, 0.05) is 18.3 Å². The van der Waals surface area contributed by atoms with Crippen LogP contribution in [-0.2, 0) is 37.9 Å². The van der Waals surface area contributed by atoms with Crippen molar-refractivity contribution in [2.24, 2.45) is 28.6 Å². The Hall–Kier alpha value is -0.940. The van der Waals surface area contributed by atoms with Gasteiger partial charge in [-0.05, 0) is 95.3 Å². The van der Waals surface area contributed by atoms with Gasteiger partial charge in [0.25, 0.3) is 0 Å². The van der Waals surface area contributed by atoms with Gasteiger partial charge in [0.1, 0.15) is 48.8 Å². The van der Waals surface area contributed by atoms with Crippen LogP contribution < -0.4 is 0 Å². The van der Waals surface area contributed by atoms with Crippen LogP contribution in [0.5, 0.6) is 0 Å². The van der Waals surface area contributed by atoms with Crippen LogP contribution in [0.15, 0.2) is 11.6 Å². The van der Waals surface area contributed by atoms with E-state index in [0.717, 1.165) is 51.4 Å². The number of aliphatic hydroxyl groups excluding tert-OH is 8. The number of fused-ring (bicyclic) bond motifs is 5. The second-order valence-corrected chi connectivity index (χ2v) is 19.8. The maximum absolute atomic E-state index is 12.3. The molecule has 4 aliphatic heterocycles. The second-order valence-electron chi connectivity index (χ2n) is 19.8. The maximum Gasteiger partial charge on any atom is 0.186 e. The Kier molecular flexibility index (Phi) is 13.3. The number of hydrogen-bond acceptors (Lipinski definition) is 17. The molecule has 4 saturated heterocycles. The summed E-state index contributed by atoms with van der Waals surface area (Å²) in [7, 11) is 0. The molecule has 0 aromatic carbocycles. The summed E-state index contributed by atoms with van der Waals surface area (Å²) >= 11 is 0. The van der Waals surface area contributed by atoms with E-state index < -0.39 is 110 Å². The monoisotopic (exact) mass is 858 g/mol. The normalized spacial score (nSPS) is 55.3. The Morgan fingerprint density at radius 1 is 0.683 bits per heavy atom. The predicted octanol–water partition coefficient (Wildman–Crippen LogP) is 0.111. The third-order valence-corrected chi connectivity index (χ3v) is 16.3. The lowest BCUT2D eigenvalue weighted by molar-refractivity contribution is -0.352. The number of aliphatic hydroxyl groups is 9. The van der Waals surface area contributed by atoms with Crippen molar-refractivity contribution >= 4 is 0 Å². The third-order valence-electron chi connectivity index (χ3n) is 16.3. The zero-order chi connectivity index (χ0) is 43.1. The second kappa shape index (κ2) is 17.5. The molecule has 9 N–H and O–H groups in total. The Labute approximate surface area is 351 Å². The summed E-state index contributed by atoms with van der Waals surface area (Å²) < 4.78 is 47.4. The van der Waals surface area contributed by atoms with Crippen molar-refractivity contribution in [1.29, 1.82) is 0 Å². The highest BCUT2D eigenvalue weighted by molar-refractivity contribution is 5.28. The molecule has 7 fully saturated rings. The smallest absolute Gasteiger partial charge is 0.186 e. The molecule has 3 saturated carbocycles. The van der Waals surface area contributed by atoms with Crippen molar-refractivity contribution < 1.29 is 83.9 Å². The summed E-state index contributed by atoms with van der Waals surface area (Å²) in [4.78, 5) is 0. The summed E-state index contributed by atoms with van der Waals surface area (Å²) in [5.41, 5.74) is 0.276. The molecule has 0 aromatic rings. The quantitative estimate of drug-likeness (QED) is 0.140. The van der Waals surface area contributed by atoms with Gasteiger partial charge in [0.15, 0.2) is 25.2 Å². The Bertz CT molecular complexity index is 1500. The van der Waals surface area contributed by atoms with Crippen LogP contribution in [0.4, 0.5) is 0 Å². The molecule has 344 valence electrons. The van der Waals surface area contributed by atoms with Crippen molar-refractivity contribution in [3.63, 3.8) is 0 Å². The van der Waals surface area contributed by atoms with Crippen LogP contribution in [-0.4, -0.2) is 175 Å². The van der Waals surface area contributed by atoms with Crippen LogP contribution in [0.1, 0.15) is 98.8 Å². The molecule has 0 radical (unpaired) electrons. The molecule has 0 aromatic heterocycles. The first-order valence-electron chi connectivity index (χ1n) is 22.4. The fourth-order valence-electron chi connectivity index (χ4n) is 12.8. The summed E-state index contributed by atoms with van der Waals surface area (Å²) in [6.45, 7) is 9.34. The largest absolute Gasteiger partial charge is 0.393 e. The highest BCUT2D eigenvalue weighted by Crippen LogP contribution is 2.68. The van der Waals surface area contributed by atoms with E-state index in [4.69, 9.17) is 37.9 Å². The van der Waals surface area contributed by atoms with E-state index in [1.807, 2.05) is 6.92 Å².